The van der Waals surface area contributed by atoms with Crippen LogP contribution in [0.2, 0.25) is 0 Å². The van der Waals surface area contributed by atoms with Crippen molar-refractivity contribution in [3.8, 4) is 0 Å². The van der Waals surface area contributed by atoms with Gasteiger partial charge in [0.1, 0.15) is 0 Å². The fourth-order valence-electron chi connectivity index (χ4n) is 9.45. The van der Waals surface area contributed by atoms with Crippen molar-refractivity contribution in [2.75, 3.05) is 13.1 Å². The molecule has 2 aromatic carbocycles. The number of hydrogen-bond acceptors (Lipinski definition) is 3. The summed E-state index contributed by atoms with van der Waals surface area (Å²) in [7, 11) is 0. The van der Waals surface area contributed by atoms with E-state index in [1.165, 1.54) is 60.4 Å². The fourth-order valence-corrected chi connectivity index (χ4v) is 9.45. The maximum Gasteiger partial charge on any atom is 0.0974 e. The molecule has 3 aliphatic heterocycles. The van der Waals surface area contributed by atoms with Crippen LogP contribution in [-0.4, -0.2) is 46.4 Å². The molecule has 8 rings (SSSR count). The van der Waals surface area contributed by atoms with Crippen LogP contribution in [0.15, 0.2) is 65.8 Å². The van der Waals surface area contributed by atoms with Crippen molar-refractivity contribution in [2.45, 2.75) is 87.6 Å². The molecule has 0 radical (unpaired) electrons. The van der Waals surface area contributed by atoms with Crippen molar-refractivity contribution in [2.24, 2.45) is 11.3 Å². The van der Waals surface area contributed by atoms with Gasteiger partial charge >= 0.3 is 0 Å². The zero-order chi connectivity index (χ0) is 23.4. The van der Waals surface area contributed by atoms with Gasteiger partial charge in [-0.1, -0.05) is 61.5 Å². The molecular formula is C32H37NO2. The minimum Gasteiger partial charge on any atom is -0.390 e. The van der Waals surface area contributed by atoms with Gasteiger partial charge in [0, 0.05) is 19.1 Å². The molecule has 3 heteroatoms. The van der Waals surface area contributed by atoms with Crippen molar-refractivity contribution in [3.05, 3.63) is 71.3 Å². The summed E-state index contributed by atoms with van der Waals surface area (Å²) in [4.78, 5) is 2.51. The maximum absolute atomic E-state index is 9.88. The van der Waals surface area contributed by atoms with Crippen molar-refractivity contribution >= 4 is 10.8 Å². The first-order valence-electron chi connectivity index (χ1n) is 14.0. The van der Waals surface area contributed by atoms with Crippen LogP contribution in [0.1, 0.15) is 69.8 Å². The quantitative estimate of drug-likeness (QED) is 0.577. The summed E-state index contributed by atoms with van der Waals surface area (Å²) in [6, 6.07) is 16.6. The Kier molecular flexibility index (Phi) is 4.29. The molecule has 2 aromatic rings. The Balaban J connectivity index is 1.14. The maximum atomic E-state index is 9.88. The minimum absolute atomic E-state index is 0.0555. The molecule has 3 aliphatic carbocycles. The van der Waals surface area contributed by atoms with E-state index >= 15 is 0 Å². The molecule has 35 heavy (non-hydrogen) atoms. The molecule has 4 fully saturated rings. The van der Waals surface area contributed by atoms with Gasteiger partial charge in [-0.3, -0.25) is 4.90 Å². The lowest BCUT2D eigenvalue weighted by molar-refractivity contribution is -0.147. The highest BCUT2D eigenvalue weighted by Crippen LogP contribution is 2.69. The van der Waals surface area contributed by atoms with E-state index in [2.05, 4.69) is 66.4 Å². The van der Waals surface area contributed by atoms with Gasteiger partial charge in [0.25, 0.3) is 0 Å². The monoisotopic (exact) mass is 467 g/mol. The van der Waals surface area contributed by atoms with E-state index in [1.807, 2.05) is 0 Å². The second-order valence-electron chi connectivity index (χ2n) is 12.8. The Morgan fingerprint density at radius 3 is 2.71 bits per heavy atom. The largest absolute Gasteiger partial charge is 0.390 e. The summed E-state index contributed by atoms with van der Waals surface area (Å²) in [6.45, 7) is 4.28. The summed E-state index contributed by atoms with van der Waals surface area (Å²) >= 11 is 0. The summed E-state index contributed by atoms with van der Waals surface area (Å²) in [5.74, 6) is 1.19. The third kappa shape index (κ3) is 2.78. The van der Waals surface area contributed by atoms with Crippen LogP contribution in [0.3, 0.4) is 0 Å². The van der Waals surface area contributed by atoms with E-state index in [-0.39, 0.29) is 22.7 Å². The van der Waals surface area contributed by atoms with Gasteiger partial charge < -0.3 is 9.84 Å². The summed E-state index contributed by atoms with van der Waals surface area (Å²) in [6.07, 6.45) is 14.6. The van der Waals surface area contributed by atoms with Crippen LogP contribution < -0.4 is 0 Å². The summed E-state index contributed by atoms with van der Waals surface area (Å²) < 4.78 is 7.46. The molecular weight excluding hydrogens is 430 g/mol. The van der Waals surface area contributed by atoms with Crippen LogP contribution in [0, 0.1) is 11.3 Å². The average molecular weight is 468 g/mol. The number of aliphatic hydroxyl groups excluding tert-OH is 1. The first-order chi connectivity index (χ1) is 17.0. The second kappa shape index (κ2) is 7.09. The van der Waals surface area contributed by atoms with Crippen LogP contribution in [0.25, 0.3) is 10.8 Å². The van der Waals surface area contributed by atoms with Gasteiger partial charge in [-0.2, -0.15) is 0 Å². The molecule has 6 aliphatic rings. The van der Waals surface area contributed by atoms with E-state index < -0.39 is 0 Å². The molecule has 3 heterocycles. The zero-order valence-electron chi connectivity index (χ0n) is 20.9. The van der Waals surface area contributed by atoms with Crippen LogP contribution in [0.4, 0.5) is 0 Å². The summed E-state index contributed by atoms with van der Waals surface area (Å²) in [5.41, 5.74) is 4.72. The fraction of sp³-hybridized carbons (Fsp3) is 0.562. The molecule has 0 amide bonds. The van der Waals surface area contributed by atoms with Crippen LogP contribution >= 0.6 is 0 Å². The minimum atomic E-state index is -0.120. The van der Waals surface area contributed by atoms with Gasteiger partial charge in [0.05, 0.1) is 17.3 Å². The number of allylic oxidation sites excluding steroid dienone is 1. The molecule has 2 saturated carbocycles. The second-order valence-corrected chi connectivity index (χ2v) is 12.8. The number of benzene rings is 2. The van der Waals surface area contributed by atoms with Gasteiger partial charge in [-0.25, -0.2) is 0 Å². The van der Waals surface area contributed by atoms with E-state index in [0.29, 0.717) is 17.9 Å². The smallest absolute Gasteiger partial charge is 0.0974 e. The highest BCUT2D eigenvalue weighted by Gasteiger charge is 2.66. The third-order valence-electron chi connectivity index (χ3n) is 11.2. The number of aliphatic hydroxyl groups is 1. The molecule has 2 bridgehead atoms. The lowest BCUT2D eigenvalue weighted by Crippen LogP contribution is -2.60. The highest BCUT2D eigenvalue weighted by molar-refractivity contribution is 5.83. The van der Waals surface area contributed by atoms with Gasteiger partial charge in [0.15, 0.2) is 0 Å². The lowest BCUT2D eigenvalue weighted by Gasteiger charge is -2.55. The third-order valence-corrected chi connectivity index (χ3v) is 11.2. The Labute approximate surface area is 208 Å². The van der Waals surface area contributed by atoms with Gasteiger partial charge in [-0.05, 0) is 96.1 Å². The van der Waals surface area contributed by atoms with E-state index in [9.17, 15) is 5.11 Å². The molecule has 3 nitrogen and oxygen atoms in total. The molecule has 2 spiro atoms. The molecule has 182 valence electrons. The SMILES string of the molecule is C[C@]12CC=C3C=C4CC[C@@H](N5CC(O)C5)C[C@]45CCC3(O5)[C@@H]1CCC2c1ccc2ccccc2c1. The van der Waals surface area contributed by atoms with Crippen molar-refractivity contribution in [3.63, 3.8) is 0 Å². The molecule has 2 unspecified atom stereocenters. The standard InChI is InChI=1S/C32H37NO2/c1-30-13-12-25-17-24-8-9-26(33-19-27(34)20-33)18-31(24)14-15-32(25,35-31)29(30)11-10-28(30)23-7-6-21-4-2-3-5-22(21)16-23/h2-7,12,16-17,26-29,34H,8-11,13-15,18-20H2,1H3/t26-,28?,29-,30-,31-,32?/m1/s1. The number of likely N-dealkylation sites (tertiary alicyclic amines) is 1. The van der Waals surface area contributed by atoms with E-state index in [0.717, 1.165) is 25.9 Å². The zero-order valence-corrected chi connectivity index (χ0v) is 20.9. The number of β-amino-alcohol motifs (C(OH)–C–C–N with tert-alkyl or cyclic N) is 1. The normalized spacial score (nSPS) is 42.6. The predicted octanol–water partition coefficient (Wildman–Crippen LogP) is 6.13. The first kappa shape index (κ1) is 21.2. The molecule has 2 saturated heterocycles. The van der Waals surface area contributed by atoms with Crippen LogP contribution in [0.5, 0.6) is 0 Å². The van der Waals surface area contributed by atoms with E-state index in [4.69, 9.17) is 4.74 Å². The number of nitrogens with zero attached hydrogens (tertiary/aromatic N) is 1. The molecule has 6 atom stereocenters. The van der Waals surface area contributed by atoms with Crippen molar-refractivity contribution < 1.29 is 9.84 Å². The van der Waals surface area contributed by atoms with Gasteiger partial charge in [-0.15, -0.1) is 0 Å². The van der Waals surface area contributed by atoms with Crippen molar-refractivity contribution in [1.82, 2.24) is 4.90 Å². The number of hydrogen-bond donors (Lipinski definition) is 1. The first-order valence-corrected chi connectivity index (χ1v) is 14.0. The van der Waals surface area contributed by atoms with E-state index in [1.54, 1.807) is 5.57 Å². The lowest BCUT2D eigenvalue weighted by atomic mass is 9.58. The number of rotatable bonds is 2. The highest BCUT2D eigenvalue weighted by atomic mass is 16.5. The summed E-state index contributed by atoms with van der Waals surface area (Å²) in [5, 5.41) is 12.6. The Morgan fingerprint density at radius 2 is 1.86 bits per heavy atom. The Hall–Kier alpha value is -1.94. The molecule has 1 N–H and O–H groups in total. The van der Waals surface area contributed by atoms with Crippen molar-refractivity contribution in [1.29, 1.82) is 0 Å². The number of fused-ring (bicyclic) bond motifs is 2. The molecule has 0 aromatic heterocycles. The average Bonchev–Trinajstić information content (AvgIpc) is 3.36. The predicted molar refractivity (Wildman–Crippen MR) is 139 cm³/mol. The Morgan fingerprint density at radius 1 is 1.00 bits per heavy atom. The Bertz CT molecular complexity index is 1270. The van der Waals surface area contributed by atoms with Gasteiger partial charge in [0.2, 0.25) is 0 Å². The number of ether oxygens (including phenoxy) is 1. The van der Waals surface area contributed by atoms with Crippen LogP contribution in [-0.2, 0) is 4.74 Å². The topological polar surface area (TPSA) is 32.7 Å².